The SMILES string of the molecule is COc1ccc(NC(=O)c2ccccc2NC(=O)C[NH+]2CCN(C(C)=O)CC2)cc1. The molecule has 2 aromatic rings. The number of rotatable bonds is 6. The average molecular weight is 411 g/mol. The summed E-state index contributed by atoms with van der Waals surface area (Å²) in [6.07, 6.45) is 0. The van der Waals surface area contributed by atoms with Gasteiger partial charge in [0.25, 0.3) is 11.8 Å². The van der Waals surface area contributed by atoms with Crippen LogP contribution in [0.15, 0.2) is 48.5 Å². The second-order valence-corrected chi connectivity index (χ2v) is 7.21. The van der Waals surface area contributed by atoms with E-state index >= 15 is 0 Å². The van der Waals surface area contributed by atoms with Gasteiger partial charge in [0.1, 0.15) is 5.75 Å². The van der Waals surface area contributed by atoms with Gasteiger partial charge in [0.15, 0.2) is 6.54 Å². The fraction of sp³-hybridized carbons (Fsp3) is 0.318. The first-order valence-electron chi connectivity index (χ1n) is 9.89. The van der Waals surface area contributed by atoms with Crippen molar-refractivity contribution in [2.45, 2.75) is 6.92 Å². The van der Waals surface area contributed by atoms with Crippen molar-refractivity contribution in [2.24, 2.45) is 0 Å². The molecule has 0 aromatic heterocycles. The lowest BCUT2D eigenvalue weighted by atomic mass is 10.1. The summed E-state index contributed by atoms with van der Waals surface area (Å²) in [6, 6.07) is 13.9. The third kappa shape index (κ3) is 5.57. The molecule has 1 aliphatic heterocycles. The van der Waals surface area contributed by atoms with Gasteiger partial charge >= 0.3 is 0 Å². The molecular weight excluding hydrogens is 384 g/mol. The van der Waals surface area contributed by atoms with Crippen LogP contribution in [0.5, 0.6) is 5.75 Å². The number of hydrogen-bond donors (Lipinski definition) is 3. The van der Waals surface area contributed by atoms with Crippen LogP contribution < -0.4 is 20.3 Å². The van der Waals surface area contributed by atoms with Crippen LogP contribution in [0, 0.1) is 0 Å². The average Bonchev–Trinajstić information content (AvgIpc) is 2.75. The minimum absolute atomic E-state index is 0.0651. The second kappa shape index (κ2) is 9.89. The van der Waals surface area contributed by atoms with Gasteiger partial charge in [-0.15, -0.1) is 0 Å². The van der Waals surface area contributed by atoms with Gasteiger partial charge in [-0.25, -0.2) is 0 Å². The summed E-state index contributed by atoms with van der Waals surface area (Å²) in [7, 11) is 1.58. The van der Waals surface area contributed by atoms with E-state index < -0.39 is 0 Å². The van der Waals surface area contributed by atoms with E-state index in [1.54, 1.807) is 67.5 Å². The standard InChI is InChI=1S/C22H26N4O4/c1-16(27)26-13-11-25(12-14-26)15-21(28)24-20-6-4-3-5-19(20)22(29)23-17-7-9-18(30-2)10-8-17/h3-10H,11-15H2,1-2H3,(H,23,29)(H,24,28)/p+1. The van der Waals surface area contributed by atoms with E-state index in [0.717, 1.165) is 18.0 Å². The molecular formula is C22H27N4O4+. The molecule has 8 heteroatoms. The predicted molar refractivity (Wildman–Crippen MR) is 114 cm³/mol. The Morgan fingerprint density at radius 2 is 1.67 bits per heavy atom. The van der Waals surface area contributed by atoms with E-state index in [1.807, 2.05) is 0 Å². The number of amides is 3. The van der Waals surface area contributed by atoms with E-state index in [4.69, 9.17) is 4.74 Å². The smallest absolute Gasteiger partial charge is 0.279 e. The predicted octanol–water partition coefficient (Wildman–Crippen LogP) is 0.633. The highest BCUT2D eigenvalue weighted by Crippen LogP contribution is 2.19. The fourth-order valence-corrected chi connectivity index (χ4v) is 3.40. The zero-order valence-electron chi connectivity index (χ0n) is 17.2. The van der Waals surface area contributed by atoms with Gasteiger partial charge in [0.2, 0.25) is 5.91 Å². The van der Waals surface area contributed by atoms with Crippen molar-refractivity contribution in [1.29, 1.82) is 0 Å². The summed E-state index contributed by atoms with van der Waals surface area (Å²) in [5, 5.41) is 5.69. The number of carbonyl (C=O) groups excluding carboxylic acids is 3. The van der Waals surface area contributed by atoms with Crippen LogP contribution >= 0.6 is 0 Å². The van der Waals surface area contributed by atoms with Crippen LogP contribution in [-0.4, -0.2) is 62.5 Å². The number of hydrogen-bond acceptors (Lipinski definition) is 4. The number of benzene rings is 2. The lowest BCUT2D eigenvalue weighted by Crippen LogP contribution is -3.15. The molecule has 158 valence electrons. The maximum Gasteiger partial charge on any atom is 0.279 e. The van der Waals surface area contributed by atoms with Crippen LogP contribution in [0.2, 0.25) is 0 Å². The third-order valence-corrected chi connectivity index (χ3v) is 5.12. The number of anilines is 2. The first-order chi connectivity index (χ1) is 14.5. The van der Waals surface area contributed by atoms with Crippen LogP contribution in [0.1, 0.15) is 17.3 Å². The Bertz CT molecular complexity index is 906. The van der Waals surface area contributed by atoms with Crippen LogP contribution in [0.3, 0.4) is 0 Å². The van der Waals surface area contributed by atoms with E-state index in [1.165, 1.54) is 0 Å². The largest absolute Gasteiger partial charge is 0.497 e. The van der Waals surface area contributed by atoms with Crippen molar-refractivity contribution in [1.82, 2.24) is 4.90 Å². The van der Waals surface area contributed by atoms with Crippen molar-refractivity contribution in [3.63, 3.8) is 0 Å². The highest BCUT2D eigenvalue weighted by Gasteiger charge is 2.24. The van der Waals surface area contributed by atoms with E-state index in [2.05, 4.69) is 10.6 Å². The quantitative estimate of drug-likeness (QED) is 0.650. The number of carbonyl (C=O) groups is 3. The Kier molecular flexibility index (Phi) is 7.03. The molecule has 1 heterocycles. The Morgan fingerprint density at radius 1 is 1.00 bits per heavy atom. The topological polar surface area (TPSA) is 92.2 Å². The Labute approximate surface area is 175 Å². The van der Waals surface area contributed by atoms with Gasteiger partial charge in [0, 0.05) is 12.6 Å². The lowest BCUT2D eigenvalue weighted by molar-refractivity contribution is -0.895. The number of quaternary nitrogens is 1. The van der Waals surface area contributed by atoms with Gasteiger partial charge in [-0.05, 0) is 36.4 Å². The number of ether oxygens (including phenoxy) is 1. The summed E-state index contributed by atoms with van der Waals surface area (Å²) in [6.45, 7) is 4.61. The number of methoxy groups -OCH3 is 1. The van der Waals surface area contributed by atoms with E-state index in [-0.39, 0.29) is 17.7 Å². The highest BCUT2D eigenvalue weighted by atomic mass is 16.5. The Hall–Kier alpha value is -3.39. The maximum atomic E-state index is 12.7. The van der Waals surface area contributed by atoms with Gasteiger partial charge in [0.05, 0.1) is 44.5 Å². The minimum atomic E-state index is -0.307. The summed E-state index contributed by atoms with van der Waals surface area (Å²) in [4.78, 5) is 39.6. The first-order valence-corrected chi connectivity index (χ1v) is 9.89. The van der Waals surface area contributed by atoms with Gasteiger partial charge in [-0.2, -0.15) is 0 Å². The Morgan fingerprint density at radius 3 is 2.30 bits per heavy atom. The van der Waals surface area contributed by atoms with Crippen molar-refractivity contribution in [3.8, 4) is 5.75 Å². The molecule has 0 radical (unpaired) electrons. The number of nitrogens with zero attached hydrogens (tertiary/aromatic N) is 1. The molecule has 0 saturated carbocycles. The molecule has 1 aliphatic rings. The third-order valence-electron chi connectivity index (χ3n) is 5.12. The monoisotopic (exact) mass is 411 g/mol. The molecule has 0 aliphatic carbocycles. The van der Waals surface area contributed by atoms with E-state index in [0.29, 0.717) is 42.3 Å². The molecule has 8 nitrogen and oxygen atoms in total. The van der Waals surface area contributed by atoms with Gasteiger partial charge in [-0.3, -0.25) is 14.4 Å². The molecule has 30 heavy (non-hydrogen) atoms. The number of para-hydroxylation sites is 1. The molecule has 1 saturated heterocycles. The van der Waals surface area contributed by atoms with Gasteiger partial charge in [-0.1, -0.05) is 12.1 Å². The van der Waals surface area contributed by atoms with Crippen molar-refractivity contribution >= 4 is 29.1 Å². The molecule has 3 rings (SSSR count). The zero-order chi connectivity index (χ0) is 21.5. The van der Waals surface area contributed by atoms with Crippen LogP contribution in [-0.2, 0) is 9.59 Å². The lowest BCUT2D eigenvalue weighted by Gasteiger charge is -2.31. The van der Waals surface area contributed by atoms with Crippen LogP contribution in [0.25, 0.3) is 0 Å². The van der Waals surface area contributed by atoms with Gasteiger partial charge < -0.3 is 25.2 Å². The molecule has 0 bridgehead atoms. The maximum absolute atomic E-state index is 12.7. The normalized spacial score (nSPS) is 14.1. The first kappa shape index (κ1) is 21.3. The summed E-state index contributed by atoms with van der Waals surface area (Å²) >= 11 is 0. The summed E-state index contributed by atoms with van der Waals surface area (Å²) in [5.41, 5.74) is 1.49. The molecule has 3 N–H and O–H groups in total. The number of nitrogens with one attached hydrogen (secondary N) is 3. The molecule has 3 amide bonds. The number of piperazine rings is 1. The Balaban J connectivity index is 1.59. The molecule has 0 unspecified atom stereocenters. The zero-order valence-corrected chi connectivity index (χ0v) is 17.2. The summed E-state index contributed by atoms with van der Waals surface area (Å²) in [5.74, 6) is 0.298. The highest BCUT2D eigenvalue weighted by molar-refractivity contribution is 6.10. The summed E-state index contributed by atoms with van der Waals surface area (Å²) < 4.78 is 5.12. The van der Waals surface area contributed by atoms with Crippen molar-refractivity contribution in [2.75, 3.05) is 50.5 Å². The molecule has 2 aromatic carbocycles. The molecule has 1 fully saturated rings. The van der Waals surface area contributed by atoms with E-state index in [9.17, 15) is 14.4 Å². The fourth-order valence-electron chi connectivity index (χ4n) is 3.40. The molecule has 0 atom stereocenters. The second-order valence-electron chi connectivity index (χ2n) is 7.21. The van der Waals surface area contributed by atoms with Crippen molar-refractivity contribution in [3.05, 3.63) is 54.1 Å². The minimum Gasteiger partial charge on any atom is -0.497 e. The van der Waals surface area contributed by atoms with Crippen molar-refractivity contribution < 1.29 is 24.0 Å². The molecule has 0 spiro atoms. The van der Waals surface area contributed by atoms with Crippen LogP contribution in [0.4, 0.5) is 11.4 Å².